The van der Waals surface area contributed by atoms with Gasteiger partial charge in [-0.3, -0.25) is 0 Å². The molecule has 0 atom stereocenters. The smallest absolute Gasteiger partial charge is 0.0619 e. The van der Waals surface area contributed by atoms with E-state index in [2.05, 4.69) is 338 Å². The third-order valence-corrected chi connectivity index (χ3v) is 23.7. The number of hydrogen-bond acceptors (Lipinski definition) is 0. The monoisotopic (exact) mass is 1220 g/mol. The highest BCUT2D eigenvalue weighted by atomic mass is 14.5. The quantitative estimate of drug-likeness (QED) is 0.149. The van der Waals surface area contributed by atoms with Crippen LogP contribution in [-0.4, -0.2) is 0 Å². The summed E-state index contributed by atoms with van der Waals surface area (Å²) in [5.74, 6) is 0. The molecule has 0 nitrogen and oxygen atoms in total. The fourth-order valence-electron chi connectivity index (χ4n) is 19.4. The molecule has 13 aromatic carbocycles. The molecule has 0 saturated heterocycles. The van der Waals surface area contributed by atoms with Gasteiger partial charge in [-0.05, 0) is 253 Å². The minimum Gasteiger partial charge on any atom is -0.0619 e. The number of benzene rings is 13. The lowest BCUT2D eigenvalue weighted by Crippen LogP contribution is -2.29. The van der Waals surface area contributed by atoms with Crippen LogP contribution in [0.25, 0.3) is 111 Å². The van der Waals surface area contributed by atoms with Gasteiger partial charge < -0.3 is 0 Å². The van der Waals surface area contributed by atoms with Crippen molar-refractivity contribution in [3.63, 3.8) is 0 Å². The van der Waals surface area contributed by atoms with Crippen molar-refractivity contribution in [2.45, 2.75) is 110 Å². The van der Waals surface area contributed by atoms with Gasteiger partial charge in [0.2, 0.25) is 0 Å². The topological polar surface area (TPSA) is 0 Å². The van der Waals surface area contributed by atoms with Crippen molar-refractivity contribution < 1.29 is 0 Å². The Labute approximate surface area is 561 Å². The van der Waals surface area contributed by atoms with E-state index in [0.29, 0.717) is 0 Å². The normalized spacial score (nSPS) is 15.8. The van der Waals surface area contributed by atoms with E-state index in [1.807, 2.05) is 0 Å². The zero-order chi connectivity index (χ0) is 65.0. The molecule has 0 aromatic heterocycles. The third kappa shape index (κ3) is 7.77. The number of rotatable bonds is 7. The van der Waals surface area contributed by atoms with Crippen LogP contribution < -0.4 is 0 Å². The first-order chi connectivity index (χ1) is 45.8. The molecule has 95 heavy (non-hydrogen) atoms. The second-order valence-electron chi connectivity index (χ2n) is 30.5. The van der Waals surface area contributed by atoms with E-state index in [-0.39, 0.29) is 21.7 Å². The summed E-state index contributed by atoms with van der Waals surface area (Å²) in [4.78, 5) is 0. The van der Waals surface area contributed by atoms with Crippen LogP contribution in [0.1, 0.15) is 144 Å². The zero-order valence-corrected chi connectivity index (χ0v) is 56.7. The molecule has 0 heteroatoms. The Hall–Kier alpha value is -10.1. The van der Waals surface area contributed by atoms with Gasteiger partial charge in [0, 0.05) is 21.7 Å². The lowest BCUT2D eigenvalue weighted by molar-refractivity contribution is 0.660. The molecule has 0 unspecified atom stereocenters. The lowest BCUT2D eigenvalue weighted by atomic mass is 9.65. The highest BCUT2D eigenvalue weighted by Crippen LogP contribution is 2.64. The minimum absolute atomic E-state index is 0.194. The summed E-state index contributed by atoms with van der Waals surface area (Å²) in [6.45, 7) is 28.5. The molecule has 5 aliphatic rings. The predicted octanol–water partition coefficient (Wildman–Crippen LogP) is 24.8. The van der Waals surface area contributed by atoms with Gasteiger partial charge >= 0.3 is 0 Å². The SMILES string of the molecule is Cc1cc(C)c(-c2cccc3c2-c2cc(C)ccc2C3(c2cc(-c3cccc4c3-c3ccccc3C4(C)C)cc(-c3cccc4c3-c3ccccc3C4(C)C)c2)c2cc(-c3cccc4c3-c3ccccc3C4(C)C)cc(-c3cccc4c3-c3ccccc3C4(C)C)c2)c(C)c1. The van der Waals surface area contributed by atoms with Crippen molar-refractivity contribution in [2.75, 3.05) is 0 Å². The second-order valence-corrected chi connectivity index (χ2v) is 30.5. The molecule has 0 radical (unpaired) electrons. The predicted molar refractivity (Wildman–Crippen MR) is 400 cm³/mol. The van der Waals surface area contributed by atoms with E-state index in [0.717, 1.165) is 0 Å². The minimum atomic E-state index is -0.898. The molecule has 5 aliphatic carbocycles. The summed E-state index contributed by atoms with van der Waals surface area (Å²) < 4.78 is 0. The molecule has 13 aromatic rings. The Balaban J connectivity index is 1.04. The first-order valence-electron chi connectivity index (χ1n) is 34.4. The van der Waals surface area contributed by atoms with E-state index < -0.39 is 5.41 Å². The maximum absolute atomic E-state index is 2.65. The van der Waals surface area contributed by atoms with E-state index in [1.54, 1.807) is 0 Å². The molecule has 0 heterocycles. The summed E-state index contributed by atoms with van der Waals surface area (Å²) in [6.07, 6.45) is 0. The van der Waals surface area contributed by atoms with Gasteiger partial charge in [-0.1, -0.05) is 285 Å². The van der Waals surface area contributed by atoms with Gasteiger partial charge in [0.05, 0.1) is 5.41 Å². The Morgan fingerprint density at radius 2 is 0.474 bits per heavy atom. The fraction of sp³-hybridized carbons (Fsp3) is 0.179. The van der Waals surface area contributed by atoms with Crippen molar-refractivity contribution in [2.24, 2.45) is 0 Å². The van der Waals surface area contributed by atoms with Crippen molar-refractivity contribution in [1.82, 2.24) is 0 Å². The van der Waals surface area contributed by atoms with E-state index >= 15 is 0 Å². The molecule has 18 rings (SSSR count). The molecule has 0 spiro atoms. The highest BCUT2D eigenvalue weighted by Gasteiger charge is 2.50. The van der Waals surface area contributed by atoms with Crippen molar-refractivity contribution in [3.05, 3.63) is 344 Å². The Morgan fingerprint density at radius 1 is 0.189 bits per heavy atom. The molecule has 458 valence electrons. The van der Waals surface area contributed by atoms with Crippen molar-refractivity contribution in [3.8, 4) is 111 Å². The van der Waals surface area contributed by atoms with Gasteiger partial charge in [0.25, 0.3) is 0 Å². The van der Waals surface area contributed by atoms with Crippen LogP contribution in [0.2, 0.25) is 0 Å². The van der Waals surface area contributed by atoms with Crippen LogP contribution in [0.3, 0.4) is 0 Å². The Morgan fingerprint density at radius 3 is 0.821 bits per heavy atom. The molecule has 0 amide bonds. The molecule has 0 N–H and O–H groups in total. The molecular weight excluding hydrogens is 1140 g/mol. The summed E-state index contributed by atoms with van der Waals surface area (Å²) >= 11 is 0. The van der Waals surface area contributed by atoms with Gasteiger partial charge in [0.1, 0.15) is 0 Å². The Bertz CT molecular complexity index is 4990. The number of aryl methyl sites for hydroxylation is 4. The zero-order valence-electron chi connectivity index (χ0n) is 56.7. The van der Waals surface area contributed by atoms with Gasteiger partial charge in [-0.2, -0.15) is 0 Å². The first kappa shape index (κ1) is 57.5. The van der Waals surface area contributed by atoms with Crippen LogP contribution in [0.15, 0.2) is 255 Å². The molecule has 0 aliphatic heterocycles. The van der Waals surface area contributed by atoms with E-state index in [1.165, 1.54) is 200 Å². The molecular formula is C95H78. The van der Waals surface area contributed by atoms with Crippen molar-refractivity contribution in [1.29, 1.82) is 0 Å². The first-order valence-corrected chi connectivity index (χ1v) is 34.4. The molecule has 0 saturated carbocycles. The highest BCUT2D eigenvalue weighted by molar-refractivity contribution is 6.03. The maximum Gasteiger partial charge on any atom is 0.0714 e. The van der Waals surface area contributed by atoms with E-state index in [9.17, 15) is 0 Å². The van der Waals surface area contributed by atoms with Crippen LogP contribution in [0.4, 0.5) is 0 Å². The van der Waals surface area contributed by atoms with Crippen LogP contribution >= 0.6 is 0 Å². The largest absolute Gasteiger partial charge is 0.0714 e. The second kappa shape index (κ2) is 20.0. The van der Waals surface area contributed by atoms with Crippen LogP contribution in [0, 0.1) is 27.7 Å². The Kier molecular flexibility index (Phi) is 12.1. The summed E-state index contributed by atoms with van der Waals surface area (Å²) in [5.41, 5.74) is 45.1. The summed E-state index contributed by atoms with van der Waals surface area (Å²) in [7, 11) is 0. The standard InChI is InChI=1S/C95H78/c1-55-44-45-79-74(48-55)90-73(85-57(3)46-56(2)47-58(85)4)34-25-43-84(90)95(79,63-51-59(65-30-21-39-80-86(65)69-26-13-17-35-75(69)91(80,5)6)49-60(52-63)66-31-22-40-81-87(66)70-27-14-18-36-76(70)92(81,7)8)64-53-61(67-32-23-41-82-88(67)71-28-15-19-37-77(71)93(82,9)10)50-62(54-64)68-33-24-42-83-89(68)72-29-16-20-38-78(72)94(83,11)12/h13-54H,1-12H3. The van der Waals surface area contributed by atoms with Crippen LogP contribution in [0.5, 0.6) is 0 Å². The van der Waals surface area contributed by atoms with Gasteiger partial charge in [-0.25, -0.2) is 0 Å². The lowest BCUT2D eigenvalue weighted by Gasteiger charge is -2.36. The fourth-order valence-corrected chi connectivity index (χ4v) is 19.4. The number of fused-ring (bicyclic) bond motifs is 15. The summed E-state index contributed by atoms with van der Waals surface area (Å²) in [6, 6.07) is 101. The van der Waals surface area contributed by atoms with Crippen LogP contribution in [-0.2, 0) is 27.1 Å². The van der Waals surface area contributed by atoms with Crippen molar-refractivity contribution >= 4 is 0 Å². The average molecular weight is 1220 g/mol. The summed E-state index contributed by atoms with van der Waals surface area (Å²) in [5, 5.41) is 0. The maximum atomic E-state index is 2.65. The van der Waals surface area contributed by atoms with Gasteiger partial charge in [-0.15, -0.1) is 0 Å². The molecule has 0 bridgehead atoms. The average Bonchev–Trinajstić information content (AvgIpc) is 1.56. The van der Waals surface area contributed by atoms with E-state index in [4.69, 9.17) is 0 Å². The number of hydrogen-bond donors (Lipinski definition) is 0. The third-order valence-electron chi connectivity index (χ3n) is 23.7. The van der Waals surface area contributed by atoms with Gasteiger partial charge in [0.15, 0.2) is 0 Å². The molecule has 0 fully saturated rings.